The van der Waals surface area contributed by atoms with Crippen molar-refractivity contribution in [1.29, 1.82) is 0 Å². The third kappa shape index (κ3) is 2.75. The largest absolute Gasteiger partial charge is 0.323 e. The quantitative estimate of drug-likeness (QED) is 0.818. The van der Waals surface area contributed by atoms with Gasteiger partial charge in [0.2, 0.25) is 5.91 Å². The third-order valence-electron chi connectivity index (χ3n) is 5.81. The van der Waals surface area contributed by atoms with E-state index in [4.69, 9.17) is 0 Å². The lowest BCUT2D eigenvalue weighted by atomic mass is 9.78. The summed E-state index contributed by atoms with van der Waals surface area (Å²) in [5, 5.41) is 0. The first kappa shape index (κ1) is 17.8. The van der Waals surface area contributed by atoms with Crippen LogP contribution in [0.25, 0.3) is 0 Å². The van der Waals surface area contributed by atoms with Crippen molar-refractivity contribution in [2.75, 3.05) is 7.05 Å². The Labute approximate surface area is 160 Å². The molecule has 0 unspecified atom stereocenters. The zero-order valence-corrected chi connectivity index (χ0v) is 16.3. The smallest absolute Gasteiger partial charge is 0.256 e. The van der Waals surface area contributed by atoms with Gasteiger partial charge in [-0.2, -0.15) is 0 Å². The van der Waals surface area contributed by atoms with Gasteiger partial charge in [0.15, 0.2) is 0 Å². The van der Waals surface area contributed by atoms with Gasteiger partial charge in [-0.05, 0) is 23.6 Å². The molecule has 4 nitrogen and oxygen atoms in total. The Kier molecular flexibility index (Phi) is 4.10. The molecule has 2 aromatic carbocycles. The number of nitrogens with zero attached hydrogens (tertiary/aromatic N) is 2. The summed E-state index contributed by atoms with van der Waals surface area (Å²) in [7, 11) is 1.83. The minimum Gasteiger partial charge on any atom is -0.323 e. The summed E-state index contributed by atoms with van der Waals surface area (Å²) >= 11 is 0. The molecule has 4 rings (SSSR count). The molecule has 3 atom stereocenters. The molecule has 2 amide bonds. The van der Waals surface area contributed by atoms with E-state index >= 15 is 0 Å². The van der Waals surface area contributed by atoms with Crippen molar-refractivity contribution < 1.29 is 9.59 Å². The van der Waals surface area contributed by atoms with E-state index in [1.54, 1.807) is 4.90 Å². The Balaban J connectivity index is 1.86. The van der Waals surface area contributed by atoms with Gasteiger partial charge in [-0.3, -0.25) is 9.59 Å². The molecular weight excluding hydrogens is 336 g/mol. The Bertz CT molecular complexity index is 885. The van der Waals surface area contributed by atoms with Gasteiger partial charge in [0.1, 0.15) is 12.2 Å². The van der Waals surface area contributed by atoms with Crippen LogP contribution in [0.3, 0.4) is 0 Å². The molecule has 2 aromatic rings. The average molecular weight is 362 g/mol. The van der Waals surface area contributed by atoms with Crippen LogP contribution >= 0.6 is 0 Å². The number of carbonyl (C=O) groups excluding carboxylic acids is 2. The van der Waals surface area contributed by atoms with E-state index < -0.39 is 6.04 Å². The van der Waals surface area contributed by atoms with Crippen LogP contribution in [-0.4, -0.2) is 40.9 Å². The van der Waals surface area contributed by atoms with Crippen LogP contribution in [0.1, 0.15) is 48.2 Å². The number of hydrogen-bond donors (Lipinski definition) is 0. The van der Waals surface area contributed by atoms with Gasteiger partial charge in [-0.15, -0.1) is 0 Å². The predicted molar refractivity (Wildman–Crippen MR) is 105 cm³/mol. The minimum atomic E-state index is -0.443. The highest BCUT2D eigenvalue weighted by molar-refractivity contribution is 6.03. The second kappa shape index (κ2) is 6.22. The lowest BCUT2D eigenvalue weighted by Gasteiger charge is -2.43. The maximum atomic E-state index is 13.4. The SMILES string of the molecule is CN1C(=O)[C@@H]2[C@H](Cc3ccccc3)c3ccccc3C(=O)N2[C@H]1C(C)(C)C. The predicted octanol–water partition coefficient (Wildman–Crippen LogP) is 3.68. The van der Waals surface area contributed by atoms with Gasteiger partial charge in [-0.1, -0.05) is 69.3 Å². The van der Waals surface area contributed by atoms with Crippen molar-refractivity contribution >= 4 is 11.8 Å². The molecule has 2 aliphatic rings. The molecule has 0 aliphatic carbocycles. The molecule has 0 spiro atoms. The summed E-state index contributed by atoms with van der Waals surface area (Å²) in [5.74, 6) is -0.0279. The fourth-order valence-electron chi connectivity index (χ4n) is 4.80. The van der Waals surface area contributed by atoms with E-state index in [2.05, 4.69) is 32.9 Å². The van der Waals surface area contributed by atoms with Crippen molar-refractivity contribution in [3.8, 4) is 0 Å². The van der Waals surface area contributed by atoms with Crippen LogP contribution in [0.5, 0.6) is 0 Å². The van der Waals surface area contributed by atoms with Crippen LogP contribution < -0.4 is 0 Å². The number of carbonyl (C=O) groups is 2. The Morgan fingerprint density at radius 1 is 0.926 bits per heavy atom. The lowest BCUT2D eigenvalue weighted by Crippen LogP contribution is -2.54. The van der Waals surface area contributed by atoms with Gasteiger partial charge >= 0.3 is 0 Å². The molecule has 0 N–H and O–H groups in total. The van der Waals surface area contributed by atoms with Gasteiger partial charge in [0.05, 0.1) is 0 Å². The summed E-state index contributed by atoms with van der Waals surface area (Å²) in [4.78, 5) is 30.3. The van der Waals surface area contributed by atoms with Gasteiger partial charge < -0.3 is 9.80 Å². The molecule has 0 bridgehead atoms. The van der Waals surface area contributed by atoms with E-state index in [-0.39, 0.29) is 29.3 Å². The number of likely N-dealkylation sites (N-methyl/N-ethyl adjacent to an activating group) is 1. The number of rotatable bonds is 2. The highest BCUT2D eigenvalue weighted by Crippen LogP contribution is 2.45. The fraction of sp³-hybridized carbons (Fsp3) is 0.391. The van der Waals surface area contributed by atoms with E-state index in [0.717, 1.165) is 17.5 Å². The Morgan fingerprint density at radius 2 is 1.56 bits per heavy atom. The van der Waals surface area contributed by atoms with E-state index in [1.807, 2.05) is 54.4 Å². The molecule has 1 fully saturated rings. The van der Waals surface area contributed by atoms with Gasteiger partial charge in [-0.25, -0.2) is 0 Å². The van der Waals surface area contributed by atoms with Crippen LogP contribution in [0.15, 0.2) is 54.6 Å². The second-order valence-electron chi connectivity index (χ2n) is 8.73. The molecule has 2 heterocycles. The van der Waals surface area contributed by atoms with Crippen molar-refractivity contribution in [3.63, 3.8) is 0 Å². The maximum absolute atomic E-state index is 13.4. The molecule has 2 aliphatic heterocycles. The van der Waals surface area contributed by atoms with E-state index in [1.165, 1.54) is 5.56 Å². The maximum Gasteiger partial charge on any atom is 0.256 e. The highest BCUT2D eigenvalue weighted by atomic mass is 16.2. The summed E-state index contributed by atoms with van der Waals surface area (Å²) < 4.78 is 0. The van der Waals surface area contributed by atoms with E-state index in [9.17, 15) is 9.59 Å². The average Bonchev–Trinajstić information content (AvgIpc) is 2.91. The Morgan fingerprint density at radius 3 is 2.22 bits per heavy atom. The molecule has 0 radical (unpaired) electrons. The van der Waals surface area contributed by atoms with Gasteiger partial charge in [0.25, 0.3) is 5.91 Å². The number of amides is 2. The molecule has 1 saturated heterocycles. The molecule has 0 saturated carbocycles. The number of hydrogen-bond acceptors (Lipinski definition) is 2. The molecule has 27 heavy (non-hydrogen) atoms. The van der Waals surface area contributed by atoms with Crippen molar-refractivity contribution in [1.82, 2.24) is 9.80 Å². The lowest BCUT2D eigenvalue weighted by molar-refractivity contribution is -0.130. The van der Waals surface area contributed by atoms with Crippen molar-refractivity contribution in [3.05, 3.63) is 71.3 Å². The van der Waals surface area contributed by atoms with Crippen LogP contribution in [0, 0.1) is 5.41 Å². The molecule has 140 valence electrons. The first-order valence-corrected chi connectivity index (χ1v) is 9.53. The van der Waals surface area contributed by atoms with Crippen molar-refractivity contribution in [2.24, 2.45) is 5.41 Å². The second-order valence-corrected chi connectivity index (χ2v) is 8.73. The standard InChI is InChI=1S/C23H26N2O2/c1-23(2,3)22-24(4)21(27)19-18(14-15-10-6-5-7-11-15)16-12-8-9-13-17(16)20(26)25(19)22/h5-13,18-19,22H,14H2,1-4H3/t18-,19+,22+/m1/s1. The van der Waals surface area contributed by atoms with Crippen LogP contribution in [0.4, 0.5) is 0 Å². The first-order chi connectivity index (χ1) is 12.8. The van der Waals surface area contributed by atoms with Crippen LogP contribution in [0.2, 0.25) is 0 Å². The summed E-state index contributed by atoms with van der Waals surface area (Å²) in [6.45, 7) is 6.26. The zero-order chi connectivity index (χ0) is 19.3. The number of fused-ring (bicyclic) bond motifs is 2. The van der Waals surface area contributed by atoms with Crippen molar-refractivity contribution in [2.45, 2.75) is 45.3 Å². The van der Waals surface area contributed by atoms with Crippen LogP contribution in [-0.2, 0) is 11.2 Å². The minimum absolute atomic E-state index is 0.0301. The zero-order valence-electron chi connectivity index (χ0n) is 16.3. The highest BCUT2D eigenvalue weighted by Gasteiger charge is 2.56. The fourth-order valence-corrected chi connectivity index (χ4v) is 4.80. The summed E-state index contributed by atoms with van der Waals surface area (Å²) in [5.41, 5.74) is 2.68. The van der Waals surface area contributed by atoms with Gasteiger partial charge in [0, 0.05) is 23.9 Å². The molecular formula is C23H26N2O2. The summed E-state index contributed by atoms with van der Waals surface area (Å²) in [6.07, 6.45) is 0.497. The van der Waals surface area contributed by atoms with E-state index in [0.29, 0.717) is 0 Å². The Hall–Kier alpha value is -2.62. The normalized spacial score (nSPS) is 24.8. The topological polar surface area (TPSA) is 40.6 Å². The monoisotopic (exact) mass is 362 g/mol. The third-order valence-corrected chi connectivity index (χ3v) is 5.81. The summed E-state index contributed by atoms with van der Waals surface area (Å²) in [6, 6.07) is 17.6. The molecule has 0 aromatic heterocycles. The number of benzene rings is 2. The first-order valence-electron chi connectivity index (χ1n) is 9.53. The molecule has 4 heteroatoms.